The van der Waals surface area contributed by atoms with Crippen molar-refractivity contribution < 1.29 is 9.59 Å². The van der Waals surface area contributed by atoms with Gasteiger partial charge in [-0.3, -0.25) is 9.59 Å². The Bertz CT molecular complexity index is 585. The second kappa shape index (κ2) is 6.32. The largest absolute Gasteiger partial charge is 0.352 e. The van der Waals surface area contributed by atoms with Crippen molar-refractivity contribution in [2.75, 3.05) is 13.1 Å². The highest BCUT2D eigenvalue weighted by Gasteiger charge is 2.48. The van der Waals surface area contributed by atoms with Crippen LogP contribution in [0.15, 0.2) is 24.3 Å². The van der Waals surface area contributed by atoms with Gasteiger partial charge in [-0.2, -0.15) is 0 Å². The molecule has 0 atom stereocenters. The predicted octanol–water partition coefficient (Wildman–Crippen LogP) is 1.34. The van der Waals surface area contributed by atoms with Crippen LogP contribution in [0.25, 0.3) is 0 Å². The molecule has 2 fully saturated rings. The van der Waals surface area contributed by atoms with Crippen molar-refractivity contribution in [3.63, 3.8) is 0 Å². The molecule has 1 aliphatic carbocycles. The van der Waals surface area contributed by atoms with Crippen LogP contribution in [0.2, 0.25) is 0 Å². The lowest BCUT2D eigenvalue weighted by Crippen LogP contribution is -2.50. The van der Waals surface area contributed by atoms with E-state index in [1.807, 2.05) is 36.1 Å². The molecule has 5 heteroatoms. The molecule has 2 aliphatic rings. The van der Waals surface area contributed by atoms with Gasteiger partial charge < -0.3 is 16.0 Å². The fourth-order valence-corrected chi connectivity index (χ4v) is 3.05. The summed E-state index contributed by atoms with van der Waals surface area (Å²) in [5.74, 6) is 0.153. The highest BCUT2D eigenvalue weighted by atomic mass is 16.2. The molecule has 0 bridgehead atoms. The summed E-state index contributed by atoms with van der Waals surface area (Å²) >= 11 is 0. The van der Waals surface area contributed by atoms with Crippen molar-refractivity contribution in [3.05, 3.63) is 35.4 Å². The number of piperidine rings is 1. The van der Waals surface area contributed by atoms with Crippen molar-refractivity contribution >= 4 is 11.8 Å². The second-order valence-electron chi connectivity index (χ2n) is 6.93. The van der Waals surface area contributed by atoms with E-state index in [9.17, 15) is 9.59 Å². The van der Waals surface area contributed by atoms with Gasteiger partial charge >= 0.3 is 0 Å². The number of hydrogen-bond donors (Lipinski definition) is 2. The van der Waals surface area contributed by atoms with Crippen LogP contribution < -0.4 is 11.1 Å². The van der Waals surface area contributed by atoms with E-state index in [2.05, 4.69) is 5.32 Å². The molecule has 5 nitrogen and oxygen atoms in total. The molecule has 23 heavy (non-hydrogen) atoms. The third-order valence-corrected chi connectivity index (χ3v) is 4.95. The molecule has 1 aromatic carbocycles. The summed E-state index contributed by atoms with van der Waals surface area (Å²) in [5, 5.41) is 3.01. The molecule has 1 heterocycles. The van der Waals surface area contributed by atoms with Crippen LogP contribution in [0.3, 0.4) is 0 Å². The minimum atomic E-state index is -0.597. The number of hydrogen-bond acceptors (Lipinski definition) is 3. The number of benzene rings is 1. The van der Waals surface area contributed by atoms with Gasteiger partial charge in [0.1, 0.15) is 0 Å². The Morgan fingerprint density at radius 2 is 1.83 bits per heavy atom. The van der Waals surface area contributed by atoms with Crippen LogP contribution in [0, 0.1) is 12.8 Å². The maximum absolute atomic E-state index is 12.3. The molecule has 1 aromatic rings. The maximum Gasteiger partial charge on any atom is 0.242 e. The average molecular weight is 315 g/mol. The van der Waals surface area contributed by atoms with E-state index >= 15 is 0 Å². The summed E-state index contributed by atoms with van der Waals surface area (Å²) in [6.45, 7) is 3.88. The predicted molar refractivity (Wildman–Crippen MR) is 88.5 cm³/mol. The lowest BCUT2D eigenvalue weighted by Gasteiger charge is -2.33. The van der Waals surface area contributed by atoms with E-state index in [0.29, 0.717) is 19.6 Å². The fraction of sp³-hybridized carbons (Fsp3) is 0.556. The van der Waals surface area contributed by atoms with Gasteiger partial charge in [-0.15, -0.1) is 0 Å². The van der Waals surface area contributed by atoms with Crippen LogP contribution in [0.5, 0.6) is 0 Å². The number of aryl methyl sites for hydroxylation is 1. The summed E-state index contributed by atoms with van der Waals surface area (Å²) < 4.78 is 0. The summed E-state index contributed by atoms with van der Waals surface area (Å²) in [6, 6.07) is 8.17. The van der Waals surface area contributed by atoms with E-state index in [4.69, 9.17) is 5.73 Å². The number of rotatable bonds is 4. The Balaban J connectivity index is 1.44. The molecule has 0 radical (unpaired) electrons. The molecule has 3 rings (SSSR count). The van der Waals surface area contributed by atoms with Crippen molar-refractivity contribution in [2.45, 2.75) is 44.7 Å². The third kappa shape index (κ3) is 3.72. The molecule has 1 saturated carbocycles. The second-order valence-corrected chi connectivity index (χ2v) is 6.93. The lowest BCUT2D eigenvalue weighted by molar-refractivity contribution is -0.137. The SMILES string of the molecule is Cc1ccc(CNC(=O)C2CCN(C(=O)C3(N)CC3)CC2)cc1. The number of nitrogens with two attached hydrogens (primary N) is 1. The number of nitrogens with zero attached hydrogens (tertiary/aromatic N) is 1. The first-order valence-corrected chi connectivity index (χ1v) is 8.39. The first kappa shape index (κ1) is 16.0. The first-order valence-electron chi connectivity index (χ1n) is 8.39. The molecule has 1 aliphatic heterocycles. The Hall–Kier alpha value is -1.88. The molecule has 0 aromatic heterocycles. The average Bonchev–Trinajstić information content (AvgIpc) is 3.32. The Morgan fingerprint density at radius 1 is 1.22 bits per heavy atom. The van der Waals surface area contributed by atoms with Crippen molar-refractivity contribution in [2.24, 2.45) is 11.7 Å². The fourth-order valence-electron chi connectivity index (χ4n) is 3.05. The zero-order valence-corrected chi connectivity index (χ0v) is 13.7. The van der Waals surface area contributed by atoms with Crippen LogP contribution in [-0.2, 0) is 16.1 Å². The minimum absolute atomic E-state index is 0.00238. The van der Waals surface area contributed by atoms with Gasteiger partial charge in [0.2, 0.25) is 11.8 Å². The van der Waals surface area contributed by atoms with E-state index in [1.54, 1.807) is 0 Å². The number of likely N-dealkylation sites (tertiary alicyclic amines) is 1. The zero-order chi connectivity index (χ0) is 16.4. The van der Waals surface area contributed by atoms with Crippen LogP contribution in [-0.4, -0.2) is 35.3 Å². The van der Waals surface area contributed by atoms with Gasteiger partial charge in [-0.1, -0.05) is 29.8 Å². The Kier molecular flexibility index (Phi) is 4.39. The normalized spacial score (nSPS) is 20.2. The highest BCUT2D eigenvalue weighted by Crippen LogP contribution is 2.35. The molecule has 3 N–H and O–H groups in total. The number of carbonyl (C=O) groups excluding carboxylic acids is 2. The number of carbonyl (C=O) groups is 2. The molecule has 1 saturated heterocycles. The van der Waals surface area contributed by atoms with E-state index in [0.717, 1.165) is 31.2 Å². The maximum atomic E-state index is 12.3. The standard InChI is InChI=1S/C18H25N3O2/c1-13-2-4-14(5-3-13)12-20-16(22)15-6-10-21(11-7-15)17(23)18(19)8-9-18/h2-5,15H,6-12,19H2,1H3,(H,20,22). The lowest BCUT2D eigenvalue weighted by atomic mass is 9.95. The molecule has 0 unspecified atom stereocenters. The van der Waals surface area contributed by atoms with Crippen LogP contribution >= 0.6 is 0 Å². The molecule has 124 valence electrons. The molecule has 0 spiro atoms. The first-order chi connectivity index (χ1) is 11.0. The van der Waals surface area contributed by atoms with Crippen LogP contribution in [0.4, 0.5) is 0 Å². The summed E-state index contributed by atoms with van der Waals surface area (Å²) in [5.41, 5.74) is 7.69. The summed E-state index contributed by atoms with van der Waals surface area (Å²) in [6.07, 6.45) is 3.04. The Labute approximate surface area is 137 Å². The van der Waals surface area contributed by atoms with Gasteiger partial charge in [0, 0.05) is 25.6 Å². The molecular formula is C18H25N3O2. The topological polar surface area (TPSA) is 75.4 Å². The zero-order valence-electron chi connectivity index (χ0n) is 13.7. The van der Waals surface area contributed by atoms with Gasteiger partial charge in [0.05, 0.1) is 5.54 Å². The van der Waals surface area contributed by atoms with E-state index in [1.165, 1.54) is 5.56 Å². The minimum Gasteiger partial charge on any atom is -0.352 e. The van der Waals surface area contributed by atoms with Crippen LogP contribution in [0.1, 0.15) is 36.8 Å². The van der Waals surface area contributed by atoms with Gasteiger partial charge in [-0.25, -0.2) is 0 Å². The number of nitrogens with one attached hydrogen (secondary N) is 1. The van der Waals surface area contributed by atoms with E-state index in [-0.39, 0.29) is 17.7 Å². The summed E-state index contributed by atoms with van der Waals surface area (Å²) in [7, 11) is 0. The highest BCUT2D eigenvalue weighted by molar-refractivity contribution is 5.89. The van der Waals surface area contributed by atoms with E-state index < -0.39 is 5.54 Å². The van der Waals surface area contributed by atoms with Crippen molar-refractivity contribution in [1.29, 1.82) is 0 Å². The van der Waals surface area contributed by atoms with Crippen molar-refractivity contribution in [3.8, 4) is 0 Å². The van der Waals surface area contributed by atoms with Crippen molar-refractivity contribution in [1.82, 2.24) is 10.2 Å². The number of amides is 2. The van der Waals surface area contributed by atoms with Gasteiger partial charge in [-0.05, 0) is 38.2 Å². The monoisotopic (exact) mass is 315 g/mol. The van der Waals surface area contributed by atoms with Gasteiger partial charge in [0.15, 0.2) is 0 Å². The smallest absolute Gasteiger partial charge is 0.242 e. The third-order valence-electron chi connectivity index (χ3n) is 4.95. The summed E-state index contributed by atoms with van der Waals surface area (Å²) in [4.78, 5) is 26.3. The molecule has 2 amide bonds. The quantitative estimate of drug-likeness (QED) is 0.880. The molecular weight excluding hydrogens is 290 g/mol. The Morgan fingerprint density at radius 3 is 2.39 bits per heavy atom. The van der Waals surface area contributed by atoms with Gasteiger partial charge in [0.25, 0.3) is 0 Å².